The Kier molecular flexibility index (Phi) is 3.08. The molecule has 1 rings (SSSR count). The van der Waals surface area contributed by atoms with Gasteiger partial charge in [0.15, 0.2) is 0 Å². The Morgan fingerprint density at radius 3 is 2.33 bits per heavy atom. The van der Waals surface area contributed by atoms with Crippen LogP contribution in [0.25, 0.3) is 0 Å². The Labute approximate surface area is 71.5 Å². The van der Waals surface area contributed by atoms with E-state index in [0.717, 1.165) is 5.56 Å². The highest BCUT2D eigenvalue weighted by Crippen LogP contribution is 2.07. The number of aliphatic hydroxyl groups excluding tert-OH is 2. The molecule has 0 amide bonds. The van der Waals surface area contributed by atoms with Crippen LogP contribution in [-0.2, 0) is 6.42 Å². The summed E-state index contributed by atoms with van der Waals surface area (Å²) in [6.45, 7) is -0.204. The molecule has 3 nitrogen and oxygen atoms in total. The lowest BCUT2D eigenvalue weighted by Crippen LogP contribution is -2.14. The van der Waals surface area contributed by atoms with E-state index in [9.17, 15) is 0 Å². The minimum atomic E-state index is -0.673. The van der Waals surface area contributed by atoms with E-state index in [0.29, 0.717) is 12.1 Å². The first-order valence-corrected chi connectivity index (χ1v) is 3.85. The van der Waals surface area contributed by atoms with Crippen molar-refractivity contribution in [1.82, 2.24) is 0 Å². The third-order valence-electron chi connectivity index (χ3n) is 1.66. The largest absolute Gasteiger partial charge is 0.399 e. The van der Waals surface area contributed by atoms with Gasteiger partial charge in [0.1, 0.15) is 0 Å². The number of anilines is 1. The molecule has 1 aromatic carbocycles. The van der Waals surface area contributed by atoms with Gasteiger partial charge >= 0.3 is 0 Å². The van der Waals surface area contributed by atoms with Crippen LogP contribution in [0, 0.1) is 0 Å². The van der Waals surface area contributed by atoms with Crippen LogP contribution in [0.4, 0.5) is 5.69 Å². The molecular weight excluding hydrogens is 154 g/mol. The van der Waals surface area contributed by atoms with Crippen LogP contribution in [0.3, 0.4) is 0 Å². The number of benzene rings is 1. The second kappa shape index (κ2) is 4.09. The molecule has 1 unspecified atom stereocenters. The van der Waals surface area contributed by atoms with E-state index in [1.54, 1.807) is 12.1 Å². The lowest BCUT2D eigenvalue weighted by atomic mass is 10.1. The predicted molar refractivity (Wildman–Crippen MR) is 47.7 cm³/mol. The molecule has 0 aromatic heterocycles. The van der Waals surface area contributed by atoms with Crippen molar-refractivity contribution in [3.8, 4) is 0 Å². The summed E-state index contributed by atoms with van der Waals surface area (Å²) in [5.74, 6) is 0. The van der Waals surface area contributed by atoms with Crippen molar-refractivity contribution < 1.29 is 10.2 Å². The maximum absolute atomic E-state index is 9.10. The number of nitrogens with two attached hydrogens (primary N) is 1. The molecular formula is C9H13NO2. The quantitative estimate of drug-likeness (QED) is 0.562. The first-order valence-electron chi connectivity index (χ1n) is 3.85. The molecule has 0 spiro atoms. The summed E-state index contributed by atoms with van der Waals surface area (Å²) in [6.07, 6.45) is -0.204. The second-order valence-corrected chi connectivity index (χ2v) is 2.78. The summed E-state index contributed by atoms with van der Waals surface area (Å²) in [6, 6.07) is 7.24. The van der Waals surface area contributed by atoms with Crippen LogP contribution in [0.2, 0.25) is 0 Å². The Morgan fingerprint density at radius 1 is 1.25 bits per heavy atom. The molecule has 3 heteroatoms. The van der Waals surface area contributed by atoms with E-state index < -0.39 is 6.10 Å². The lowest BCUT2D eigenvalue weighted by molar-refractivity contribution is 0.0955. The number of rotatable bonds is 3. The Hall–Kier alpha value is -1.06. The van der Waals surface area contributed by atoms with Crippen LogP contribution in [-0.4, -0.2) is 22.9 Å². The van der Waals surface area contributed by atoms with Gasteiger partial charge in [0.05, 0.1) is 12.7 Å². The van der Waals surface area contributed by atoms with E-state index in [-0.39, 0.29) is 6.61 Å². The highest BCUT2D eigenvalue weighted by atomic mass is 16.3. The zero-order chi connectivity index (χ0) is 8.97. The second-order valence-electron chi connectivity index (χ2n) is 2.78. The molecule has 0 aliphatic heterocycles. The monoisotopic (exact) mass is 167 g/mol. The highest BCUT2D eigenvalue weighted by molar-refractivity contribution is 5.39. The normalized spacial score (nSPS) is 12.8. The summed E-state index contributed by atoms with van der Waals surface area (Å²) < 4.78 is 0. The van der Waals surface area contributed by atoms with Crippen LogP contribution in [0.5, 0.6) is 0 Å². The fourth-order valence-corrected chi connectivity index (χ4v) is 0.990. The minimum Gasteiger partial charge on any atom is -0.399 e. The maximum atomic E-state index is 9.10. The van der Waals surface area contributed by atoms with Gasteiger partial charge in [0, 0.05) is 12.1 Å². The fraction of sp³-hybridized carbons (Fsp3) is 0.333. The highest BCUT2D eigenvalue weighted by Gasteiger charge is 2.02. The zero-order valence-electron chi connectivity index (χ0n) is 6.77. The predicted octanol–water partition coefficient (Wildman–Crippen LogP) is 0.165. The molecule has 4 N–H and O–H groups in total. The van der Waals surface area contributed by atoms with Gasteiger partial charge < -0.3 is 15.9 Å². The van der Waals surface area contributed by atoms with Crippen molar-refractivity contribution in [2.45, 2.75) is 12.5 Å². The Balaban J connectivity index is 2.58. The minimum absolute atomic E-state index is 0.204. The molecule has 1 aromatic rings. The van der Waals surface area contributed by atoms with Gasteiger partial charge in [-0.05, 0) is 17.7 Å². The molecule has 1 atom stereocenters. The molecule has 12 heavy (non-hydrogen) atoms. The third-order valence-corrected chi connectivity index (χ3v) is 1.66. The first-order chi connectivity index (χ1) is 5.72. The molecule has 0 bridgehead atoms. The standard InChI is InChI=1S/C9H13NO2/c10-8-3-1-7(2-4-8)5-9(12)6-11/h1-4,9,11-12H,5-6,10H2. The molecule has 0 saturated heterocycles. The molecule has 0 aliphatic rings. The van der Waals surface area contributed by atoms with Crippen molar-refractivity contribution in [2.75, 3.05) is 12.3 Å². The van der Waals surface area contributed by atoms with E-state index >= 15 is 0 Å². The summed E-state index contributed by atoms with van der Waals surface area (Å²) in [5, 5.41) is 17.7. The van der Waals surface area contributed by atoms with Crippen molar-refractivity contribution in [3.05, 3.63) is 29.8 Å². The van der Waals surface area contributed by atoms with Gasteiger partial charge in [-0.15, -0.1) is 0 Å². The topological polar surface area (TPSA) is 66.5 Å². The fourth-order valence-electron chi connectivity index (χ4n) is 0.990. The van der Waals surface area contributed by atoms with Crippen LogP contribution < -0.4 is 5.73 Å². The van der Waals surface area contributed by atoms with Crippen LogP contribution in [0.1, 0.15) is 5.56 Å². The van der Waals surface area contributed by atoms with E-state index in [4.69, 9.17) is 15.9 Å². The average Bonchev–Trinajstić information content (AvgIpc) is 2.09. The zero-order valence-corrected chi connectivity index (χ0v) is 6.77. The lowest BCUT2D eigenvalue weighted by Gasteiger charge is -2.06. The van der Waals surface area contributed by atoms with Crippen LogP contribution >= 0.6 is 0 Å². The van der Waals surface area contributed by atoms with Gasteiger partial charge in [-0.3, -0.25) is 0 Å². The van der Waals surface area contributed by atoms with Gasteiger partial charge in [0.25, 0.3) is 0 Å². The molecule has 0 heterocycles. The number of hydrogen-bond acceptors (Lipinski definition) is 3. The van der Waals surface area contributed by atoms with Gasteiger partial charge in [0.2, 0.25) is 0 Å². The van der Waals surface area contributed by atoms with Crippen molar-refractivity contribution in [1.29, 1.82) is 0 Å². The van der Waals surface area contributed by atoms with Gasteiger partial charge in [-0.1, -0.05) is 12.1 Å². The smallest absolute Gasteiger partial charge is 0.0811 e. The summed E-state index contributed by atoms with van der Waals surface area (Å²) >= 11 is 0. The Morgan fingerprint density at radius 2 is 1.83 bits per heavy atom. The average molecular weight is 167 g/mol. The van der Waals surface area contributed by atoms with E-state index in [2.05, 4.69) is 0 Å². The maximum Gasteiger partial charge on any atom is 0.0811 e. The summed E-state index contributed by atoms with van der Waals surface area (Å²) in [7, 11) is 0. The molecule has 0 saturated carbocycles. The first kappa shape index (κ1) is 9.03. The number of aliphatic hydroxyl groups is 2. The van der Waals surface area contributed by atoms with E-state index in [1.165, 1.54) is 0 Å². The molecule has 66 valence electrons. The van der Waals surface area contributed by atoms with Crippen molar-refractivity contribution in [2.24, 2.45) is 0 Å². The van der Waals surface area contributed by atoms with E-state index in [1.807, 2.05) is 12.1 Å². The van der Waals surface area contributed by atoms with Crippen molar-refractivity contribution >= 4 is 5.69 Å². The molecule has 0 fully saturated rings. The summed E-state index contributed by atoms with van der Waals surface area (Å²) in [4.78, 5) is 0. The van der Waals surface area contributed by atoms with Gasteiger partial charge in [-0.25, -0.2) is 0 Å². The molecule has 0 aliphatic carbocycles. The number of nitrogen functional groups attached to an aromatic ring is 1. The third kappa shape index (κ3) is 2.53. The summed E-state index contributed by atoms with van der Waals surface area (Å²) in [5.41, 5.74) is 7.16. The SMILES string of the molecule is Nc1ccc(CC(O)CO)cc1. The number of hydrogen-bond donors (Lipinski definition) is 3. The van der Waals surface area contributed by atoms with Crippen molar-refractivity contribution in [3.63, 3.8) is 0 Å². The van der Waals surface area contributed by atoms with Crippen LogP contribution in [0.15, 0.2) is 24.3 Å². The van der Waals surface area contributed by atoms with Gasteiger partial charge in [-0.2, -0.15) is 0 Å². The molecule has 0 radical (unpaired) electrons. The Bertz CT molecular complexity index is 233.